The van der Waals surface area contributed by atoms with Crippen LogP contribution in [0.25, 0.3) is 0 Å². The summed E-state index contributed by atoms with van der Waals surface area (Å²) >= 11 is 7.08. The fourth-order valence-electron chi connectivity index (χ4n) is 1.33. The van der Waals surface area contributed by atoms with Crippen LogP contribution in [-0.4, -0.2) is 16.5 Å². The molecule has 0 radical (unpaired) electrons. The SMILES string of the molecule is O=C(CSc1ncccc1Br)c1ccc(I)cc1. The third-order valence-corrected chi connectivity index (χ3v) is 4.86. The minimum Gasteiger partial charge on any atom is -0.293 e. The molecule has 0 saturated heterocycles. The number of ketones is 1. The Kier molecular flexibility index (Phi) is 5.20. The van der Waals surface area contributed by atoms with E-state index in [1.165, 1.54) is 11.8 Å². The smallest absolute Gasteiger partial charge is 0.173 e. The summed E-state index contributed by atoms with van der Waals surface area (Å²) in [5.41, 5.74) is 0.745. The minimum absolute atomic E-state index is 0.119. The van der Waals surface area contributed by atoms with Crippen LogP contribution < -0.4 is 0 Å². The number of nitrogens with zero attached hydrogens (tertiary/aromatic N) is 1. The zero-order chi connectivity index (χ0) is 13.0. The fraction of sp³-hybridized carbons (Fsp3) is 0.0769. The van der Waals surface area contributed by atoms with Crippen LogP contribution in [0.2, 0.25) is 0 Å². The highest BCUT2D eigenvalue weighted by Gasteiger charge is 2.08. The molecule has 0 saturated carbocycles. The number of Topliss-reactive ketones (excluding diaryl/α,β-unsaturated/α-hetero) is 1. The van der Waals surface area contributed by atoms with Crippen LogP contribution in [0.1, 0.15) is 10.4 Å². The molecule has 1 aromatic carbocycles. The van der Waals surface area contributed by atoms with Crippen molar-refractivity contribution >= 4 is 56.1 Å². The average Bonchev–Trinajstić information content (AvgIpc) is 2.38. The largest absolute Gasteiger partial charge is 0.293 e. The van der Waals surface area contributed by atoms with Crippen LogP contribution in [-0.2, 0) is 0 Å². The van der Waals surface area contributed by atoms with E-state index in [2.05, 4.69) is 43.5 Å². The molecule has 0 fully saturated rings. The molecule has 0 bridgehead atoms. The van der Waals surface area contributed by atoms with Crippen molar-refractivity contribution < 1.29 is 4.79 Å². The summed E-state index contributed by atoms with van der Waals surface area (Å²) in [5.74, 6) is 0.518. The van der Waals surface area contributed by atoms with Gasteiger partial charge in [-0.1, -0.05) is 23.9 Å². The molecule has 0 unspecified atom stereocenters. The molecule has 0 aliphatic heterocycles. The Hall–Kier alpha value is -0.400. The molecule has 1 heterocycles. The molecule has 2 aromatic rings. The van der Waals surface area contributed by atoms with Gasteiger partial charge in [-0.25, -0.2) is 4.98 Å². The van der Waals surface area contributed by atoms with Gasteiger partial charge < -0.3 is 0 Å². The molecule has 0 aliphatic rings. The Morgan fingerprint density at radius 2 is 2.00 bits per heavy atom. The van der Waals surface area contributed by atoms with Crippen molar-refractivity contribution in [2.45, 2.75) is 5.03 Å². The Balaban J connectivity index is 2.01. The molecular formula is C13H9BrINOS. The zero-order valence-electron chi connectivity index (χ0n) is 9.27. The number of halogens is 2. The molecule has 0 atom stereocenters. The maximum atomic E-state index is 12.0. The summed E-state index contributed by atoms with van der Waals surface area (Å²) in [5, 5.41) is 0.844. The van der Waals surface area contributed by atoms with Crippen molar-refractivity contribution in [3.05, 3.63) is 56.2 Å². The first kappa shape index (κ1) is 14.0. The summed E-state index contributed by atoms with van der Waals surface area (Å²) in [6.07, 6.45) is 1.72. The van der Waals surface area contributed by atoms with E-state index in [0.29, 0.717) is 5.75 Å². The Bertz CT molecular complexity index is 559. The number of pyridine rings is 1. The minimum atomic E-state index is 0.119. The van der Waals surface area contributed by atoms with Crippen molar-refractivity contribution in [3.8, 4) is 0 Å². The highest BCUT2D eigenvalue weighted by Crippen LogP contribution is 2.25. The molecule has 92 valence electrons. The lowest BCUT2D eigenvalue weighted by Gasteiger charge is -2.03. The zero-order valence-corrected chi connectivity index (χ0v) is 13.8. The van der Waals surface area contributed by atoms with Gasteiger partial charge in [-0.05, 0) is 62.8 Å². The number of carbonyl (C=O) groups excluding carboxylic acids is 1. The lowest BCUT2D eigenvalue weighted by Crippen LogP contribution is -2.02. The second kappa shape index (κ2) is 6.68. The first-order valence-corrected chi connectivity index (χ1v) is 8.04. The van der Waals surface area contributed by atoms with Crippen LogP contribution in [0.3, 0.4) is 0 Å². The molecule has 0 spiro atoms. The predicted octanol–water partition coefficient (Wildman–Crippen LogP) is 4.42. The van der Waals surface area contributed by atoms with Gasteiger partial charge in [0.05, 0.1) is 5.75 Å². The van der Waals surface area contributed by atoms with Gasteiger partial charge in [0.1, 0.15) is 5.03 Å². The second-order valence-corrected chi connectivity index (χ2v) is 6.57. The first-order chi connectivity index (χ1) is 8.66. The first-order valence-electron chi connectivity index (χ1n) is 5.19. The molecule has 1 aromatic heterocycles. The summed E-state index contributed by atoms with van der Waals surface area (Å²) in [4.78, 5) is 16.2. The quantitative estimate of drug-likeness (QED) is 0.406. The monoisotopic (exact) mass is 433 g/mol. The molecule has 0 amide bonds. The maximum absolute atomic E-state index is 12.0. The van der Waals surface area contributed by atoms with E-state index in [-0.39, 0.29) is 5.78 Å². The topological polar surface area (TPSA) is 30.0 Å². The van der Waals surface area contributed by atoms with Crippen molar-refractivity contribution in [2.24, 2.45) is 0 Å². The summed E-state index contributed by atoms with van der Waals surface area (Å²) in [7, 11) is 0. The molecule has 2 rings (SSSR count). The van der Waals surface area contributed by atoms with Crippen molar-refractivity contribution in [2.75, 3.05) is 5.75 Å². The lowest BCUT2D eigenvalue weighted by molar-refractivity contribution is 0.102. The van der Waals surface area contributed by atoms with Crippen molar-refractivity contribution in [3.63, 3.8) is 0 Å². The normalized spacial score (nSPS) is 10.3. The van der Waals surface area contributed by atoms with Gasteiger partial charge in [-0.15, -0.1) is 0 Å². The van der Waals surface area contributed by atoms with Gasteiger partial charge in [0.15, 0.2) is 5.78 Å². The summed E-state index contributed by atoms with van der Waals surface area (Å²) in [6.45, 7) is 0. The highest BCUT2D eigenvalue weighted by molar-refractivity contribution is 14.1. The van der Waals surface area contributed by atoms with Crippen LogP contribution in [0, 0.1) is 3.57 Å². The molecule has 2 nitrogen and oxygen atoms in total. The molecule has 0 N–H and O–H groups in total. The number of benzene rings is 1. The third-order valence-electron chi connectivity index (χ3n) is 2.23. The Morgan fingerprint density at radius 3 is 2.67 bits per heavy atom. The van der Waals surface area contributed by atoms with Crippen LogP contribution >= 0.6 is 50.3 Å². The van der Waals surface area contributed by atoms with Crippen molar-refractivity contribution in [1.29, 1.82) is 0 Å². The van der Waals surface area contributed by atoms with E-state index >= 15 is 0 Å². The van der Waals surface area contributed by atoms with Gasteiger partial charge >= 0.3 is 0 Å². The second-order valence-electron chi connectivity index (χ2n) is 3.51. The van der Waals surface area contributed by atoms with E-state index in [4.69, 9.17) is 0 Å². The average molecular weight is 434 g/mol. The third kappa shape index (κ3) is 3.80. The van der Waals surface area contributed by atoms with Gasteiger partial charge in [0.25, 0.3) is 0 Å². The highest BCUT2D eigenvalue weighted by atomic mass is 127. The summed E-state index contributed by atoms with van der Waals surface area (Å²) in [6, 6.07) is 11.4. The van der Waals surface area contributed by atoms with E-state index in [1.54, 1.807) is 6.20 Å². The summed E-state index contributed by atoms with van der Waals surface area (Å²) < 4.78 is 2.05. The van der Waals surface area contributed by atoms with Crippen LogP contribution in [0.4, 0.5) is 0 Å². The maximum Gasteiger partial charge on any atom is 0.173 e. The predicted molar refractivity (Wildman–Crippen MR) is 86.2 cm³/mol. The van der Waals surface area contributed by atoms with Crippen LogP contribution in [0.5, 0.6) is 0 Å². The van der Waals surface area contributed by atoms with Crippen molar-refractivity contribution in [1.82, 2.24) is 4.98 Å². The Morgan fingerprint density at radius 1 is 1.28 bits per heavy atom. The molecule has 0 aliphatic carbocycles. The molecular weight excluding hydrogens is 425 g/mol. The van der Waals surface area contributed by atoms with Gasteiger partial charge in [-0.2, -0.15) is 0 Å². The standard InChI is InChI=1S/C13H9BrINOS/c14-11-2-1-7-16-13(11)18-8-12(17)9-3-5-10(15)6-4-9/h1-7H,8H2. The number of carbonyl (C=O) groups is 1. The Labute approximate surface area is 132 Å². The fourth-order valence-corrected chi connectivity index (χ4v) is 3.06. The van der Waals surface area contributed by atoms with Gasteiger partial charge in [0.2, 0.25) is 0 Å². The lowest BCUT2D eigenvalue weighted by atomic mass is 10.2. The number of aromatic nitrogens is 1. The molecule has 5 heteroatoms. The number of hydrogen-bond donors (Lipinski definition) is 0. The van der Waals surface area contributed by atoms with E-state index in [1.807, 2.05) is 36.4 Å². The molecule has 18 heavy (non-hydrogen) atoms. The van der Waals surface area contributed by atoms with E-state index in [9.17, 15) is 4.79 Å². The number of thioether (sulfide) groups is 1. The van der Waals surface area contributed by atoms with Crippen LogP contribution in [0.15, 0.2) is 52.1 Å². The van der Waals surface area contributed by atoms with Gasteiger partial charge in [-0.3, -0.25) is 4.79 Å². The number of rotatable bonds is 4. The van der Waals surface area contributed by atoms with E-state index in [0.717, 1.165) is 18.6 Å². The van der Waals surface area contributed by atoms with Gasteiger partial charge in [0, 0.05) is 19.8 Å². The number of hydrogen-bond acceptors (Lipinski definition) is 3. The van der Waals surface area contributed by atoms with E-state index < -0.39 is 0 Å².